The molecule has 1 atom stereocenters. The molecule has 2 aromatic heterocycles. The molecule has 0 saturated carbocycles. The molecule has 3 N–H and O–H groups in total. The van der Waals surface area contributed by atoms with Crippen LogP contribution in [0.2, 0.25) is 5.15 Å². The Labute approximate surface area is 128 Å². The second-order valence-corrected chi connectivity index (χ2v) is 6.44. The molecule has 0 spiro atoms. The Balaban J connectivity index is 2.05. The van der Waals surface area contributed by atoms with Crippen molar-refractivity contribution in [1.82, 2.24) is 10.3 Å². The number of nitrogens with two attached hydrogens (primary N) is 1. The highest BCUT2D eigenvalue weighted by atomic mass is 35.5. The number of nitrogens with one attached hydrogen (secondary N) is 1. The molecule has 2 aromatic rings. The predicted molar refractivity (Wildman–Crippen MR) is 84.1 cm³/mol. The van der Waals surface area contributed by atoms with Crippen LogP contribution in [-0.2, 0) is 5.54 Å². The van der Waals surface area contributed by atoms with E-state index in [0.29, 0.717) is 11.1 Å². The normalized spacial score (nSPS) is 19.7. The molecule has 3 nitrogen and oxygen atoms in total. The van der Waals surface area contributed by atoms with Gasteiger partial charge in [0, 0.05) is 6.20 Å². The molecule has 0 aliphatic carbocycles. The van der Waals surface area contributed by atoms with Gasteiger partial charge in [-0.05, 0) is 65.9 Å². The maximum atomic E-state index is 6.91. The number of hydrogen-bond acceptors (Lipinski definition) is 4. The minimum Gasteiger partial charge on any atom is -0.317 e. The number of aromatic nitrogens is 1. The van der Waals surface area contributed by atoms with Crippen LogP contribution >= 0.6 is 22.9 Å². The Hall–Kier alpha value is -0.940. The van der Waals surface area contributed by atoms with Crippen LogP contribution < -0.4 is 11.1 Å². The van der Waals surface area contributed by atoms with Crippen molar-refractivity contribution >= 4 is 22.9 Å². The number of rotatable bonds is 3. The molecule has 1 saturated heterocycles. The summed E-state index contributed by atoms with van der Waals surface area (Å²) in [6, 6.07) is 5.96. The van der Waals surface area contributed by atoms with Crippen molar-refractivity contribution in [2.24, 2.45) is 11.7 Å². The summed E-state index contributed by atoms with van der Waals surface area (Å²) in [7, 11) is 0. The van der Waals surface area contributed by atoms with Gasteiger partial charge in [-0.3, -0.25) is 0 Å². The largest absolute Gasteiger partial charge is 0.317 e. The van der Waals surface area contributed by atoms with Crippen LogP contribution in [0.25, 0.3) is 0 Å². The second-order valence-electron chi connectivity index (χ2n) is 5.27. The highest BCUT2D eigenvalue weighted by Crippen LogP contribution is 2.39. The Morgan fingerprint density at radius 3 is 2.65 bits per heavy atom. The highest BCUT2D eigenvalue weighted by molar-refractivity contribution is 7.08. The van der Waals surface area contributed by atoms with Gasteiger partial charge in [0.1, 0.15) is 5.15 Å². The molecule has 0 amide bonds. The molecule has 1 unspecified atom stereocenters. The first-order chi connectivity index (χ1) is 9.71. The van der Waals surface area contributed by atoms with Gasteiger partial charge >= 0.3 is 0 Å². The van der Waals surface area contributed by atoms with Crippen molar-refractivity contribution in [3.8, 4) is 0 Å². The molecule has 5 heteroatoms. The smallest absolute Gasteiger partial charge is 0.129 e. The number of halogens is 1. The summed E-state index contributed by atoms with van der Waals surface area (Å²) in [4.78, 5) is 4.22. The van der Waals surface area contributed by atoms with Crippen LogP contribution in [0.15, 0.2) is 35.2 Å². The third kappa shape index (κ3) is 2.49. The summed E-state index contributed by atoms with van der Waals surface area (Å²) >= 11 is 7.60. The van der Waals surface area contributed by atoms with Crippen molar-refractivity contribution in [2.75, 3.05) is 13.1 Å². The van der Waals surface area contributed by atoms with Crippen molar-refractivity contribution in [2.45, 2.75) is 18.4 Å². The standard InChI is InChI=1S/C15H18ClN3S/c16-14-2-1-12(9-19-14)15(17,13-5-8-20-10-13)11-3-6-18-7-4-11/h1-2,5,8-11,18H,3-4,6-7,17H2. The summed E-state index contributed by atoms with van der Waals surface area (Å²) in [6.07, 6.45) is 3.98. The second kappa shape index (κ2) is 5.82. The van der Waals surface area contributed by atoms with Gasteiger partial charge in [-0.1, -0.05) is 17.7 Å². The van der Waals surface area contributed by atoms with Gasteiger partial charge in [-0.2, -0.15) is 11.3 Å². The summed E-state index contributed by atoms with van der Waals surface area (Å²) < 4.78 is 0. The molecule has 20 heavy (non-hydrogen) atoms. The average molecular weight is 308 g/mol. The number of piperidine rings is 1. The van der Waals surface area contributed by atoms with Crippen LogP contribution in [0.3, 0.4) is 0 Å². The number of nitrogens with zero attached hydrogens (tertiary/aromatic N) is 1. The molecule has 0 radical (unpaired) electrons. The Kier molecular flexibility index (Phi) is 4.08. The van der Waals surface area contributed by atoms with Gasteiger partial charge in [0.05, 0.1) is 5.54 Å². The fourth-order valence-electron chi connectivity index (χ4n) is 3.04. The topological polar surface area (TPSA) is 50.9 Å². The van der Waals surface area contributed by atoms with Gasteiger partial charge in [-0.25, -0.2) is 4.98 Å². The fraction of sp³-hybridized carbons (Fsp3) is 0.400. The molecule has 1 fully saturated rings. The molecule has 3 heterocycles. The van der Waals surface area contributed by atoms with E-state index in [1.807, 2.05) is 18.3 Å². The van der Waals surface area contributed by atoms with Crippen LogP contribution in [-0.4, -0.2) is 18.1 Å². The van der Waals surface area contributed by atoms with Gasteiger partial charge in [0.2, 0.25) is 0 Å². The molecular formula is C15H18ClN3S. The monoisotopic (exact) mass is 307 g/mol. The van der Waals surface area contributed by atoms with Crippen LogP contribution in [0.1, 0.15) is 24.0 Å². The van der Waals surface area contributed by atoms with Gasteiger partial charge < -0.3 is 11.1 Å². The van der Waals surface area contributed by atoms with Crippen LogP contribution in [0, 0.1) is 5.92 Å². The third-order valence-corrected chi connectivity index (χ3v) is 5.09. The molecule has 1 aliphatic rings. The highest BCUT2D eigenvalue weighted by Gasteiger charge is 2.39. The average Bonchev–Trinajstić information content (AvgIpc) is 3.03. The van der Waals surface area contributed by atoms with E-state index >= 15 is 0 Å². The quantitative estimate of drug-likeness (QED) is 0.857. The summed E-state index contributed by atoms with van der Waals surface area (Å²) in [5, 5.41) is 8.14. The first-order valence-corrected chi connectivity index (χ1v) is 8.17. The fourth-order valence-corrected chi connectivity index (χ4v) is 3.87. The van der Waals surface area contributed by atoms with Crippen molar-refractivity contribution < 1.29 is 0 Å². The number of hydrogen-bond donors (Lipinski definition) is 2. The molecule has 1 aliphatic heterocycles. The summed E-state index contributed by atoms with van der Waals surface area (Å²) in [6.45, 7) is 2.05. The minimum absolute atomic E-state index is 0.418. The molecule has 0 bridgehead atoms. The van der Waals surface area contributed by atoms with E-state index in [2.05, 4.69) is 27.1 Å². The molecule has 106 valence electrons. The minimum atomic E-state index is -0.473. The lowest BCUT2D eigenvalue weighted by Crippen LogP contribution is -2.49. The van der Waals surface area contributed by atoms with E-state index in [9.17, 15) is 0 Å². The molecule has 3 rings (SSSR count). The number of pyridine rings is 1. The summed E-state index contributed by atoms with van der Waals surface area (Å²) in [5.74, 6) is 0.418. The Morgan fingerprint density at radius 2 is 2.05 bits per heavy atom. The van der Waals surface area contributed by atoms with Crippen molar-refractivity contribution in [3.05, 3.63) is 51.4 Å². The maximum Gasteiger partial charge on any atom is 0.129 e. The van der Waals surface area contributed by atoms with Gasteiger partial charge in [0.25, 0.3) is 0 Å². The van der Waals surface area contributed by atoms with E-state index in [1.54, 1.807) is 11.3 Å². The summed E-state index contributed by atoms with van der Waals surface area (Å²) in [5.41, 5.74) is 8.66. The lowest BCUT2D eigenvalue weighted by molar-refractivity contribution is 0.254. The predicted octanol–water partition coefficient (Wildman–Crippen LogP) is 3.00. The lowest BCUT2D eigenvalue weighted by Gasteiger charge is -2.40. The van der Waals surface area contributed by atoms with Crippen molar-refractivity contribution in [3.63, 3.8) is 0 Å². The molecular weight excluding hydrogens is 290 g/mol. The Bertz CT molecular complexity index is 549. The lowest BCUT2D eigenvalue weighted by atomic mass is 9.71. The van der Waals surface area contributed by atoms with Gasteiger partial charge in [0.15, 0.2) is 0 Å². The van der Waals surface area contributed by atoms with E-state index < -0.39 is 5.54 Å². The van der Waals surface area contributed by atoms with E-state index in [0.717, 1.165) is 31.5 Å². The zero-order valence-corrected chi connectivity index (χ0v) is 12.8. The maximum absolute atomic E-state index is 6.91. The first-order valence-electron chi connectivity index (χ1n) is 6.85. The number of thiophene rings is 1. The van der Waals surface area contributed by atoms with Crippen molar-refractivity contribution in [1.29, 1.82) is 0 Å². The third-order valence-electron chi connectivity index (χ3n) is 4.19. The van der Waals surface area contributed by atoms with Crippen LogP contribution in [0.4, 0.5) is 0 Å². The van der Waals surface area contributed by atoms with E-state index in [-0.39, 0.29) is 0 Å². The first kappa shape index (κ1) is 14.0. The van der Waals surface area contributed by atoms with Crippen LogP contribution in [0.5, 0.6) is 0 Å². The van der Waals surface area contributed by atoms with Gasteiger partial charge in [-0.15, -0.1) is 0 Å². The zero-order chi connectivity index (χ0) is 14.0. The molecule has 0 aromatic carbocycles. The van der Waals surface area contributed by atoms with E-state index in [4.69, 9.17) is 17.3 Å². The zero-order valence-electron chi connectivity index (χ0n) is 11.2. The SMILES string of the molecule is NC(c1ccc(Cl)nc1)(c1ccsc1)C1CCNCC1. The van der Waals surface area contributed by atoms with E-state index in [1.165, 1.54) is 5.56 Å². The Morgan fingerprint density at radius 1 is 1.25 bits per heavy atom.